The number of aromatic nitrogens is 1. The molecule has 0 bridgehead atoms. The van der Waals surface area contributed by atoms with Gasteiger partial charge in [0.1, 0.15) is 10.5 Å². The monoisotopic (exact) mass is 304 g/mol. The van der Waals surface area contributed by atoms with E-state index in [1.165, 1.54) is 4.70 Å². The third kappa shape index (κ3) is 1.57. The molecule has 5 heteroatoms. The molecule has 0 aliphatic carbocycles. The van der Waals surface area contributed by atoms with E-state index < -0.39 is 0 Å². The fraction of sp³-hybridized carbons (Fsp3) is 0. The number of nitrogens with zero attached hydrogens (tertiary/aromatic N) is 2. The van der Waals surface area contributed by atoms with Gasteiger partial charge in [0.2, 0.25) is 0 Å². The topological polar surface area (TPSA) is 49.8 Å². The molecule has 0 N–H and O–H groups in total. The second-order valence-electron chi connectivity index (χ2n) is 3.43. The van der Waals surface area contributed by atoms with Crippen molar-refractivity contribution in [3.8, 4) is 17.4 Å². The molecule has 82 valence electrons. The lowest BCUT2D eigenvalue weighted by molar-refractivity contribution is 0.430. The zero-order valence-electron chi connectivity index (χ0n) is 8.48. The summed E-state index contributed by atoms with van der Waals surface area (Å²) in [5.41, 5.74) is 1.24. The Morgan fingerprint density at radius 1 is 1.35 bits per heavy atom. The molecular weight excluding hydrogens is 300 g/mol. The molecule has 0 aliphatic rings. The first-order chi connectivity index (χ1) is 8.31. The van der Waals surface area contributed by atoms with Gasteiger partial charge < -0.3 is 4.52 Å². The third-order valence-corrected chi connectivity index (χ3v) is 4.17. The van der Waals surface area contributed by atoms with Crippen LogP contribution in [0.2, 0.25) is 0 Å². The summed E-state index contributed by atoms with van der Waals surface area (Å²) < 4.78 is 7.03. The maximum Gasteiger partial charge on any atom is 0.198 e. The van der Waals surface area contributed by atoms with Crippen molar-refractivity contribution in [3.63, 3.8) is 0 Å². The van der Waals surface area contributed by atoms with E-state index in [1.807, 2.05) is 29.6 Å². The lowest BCUT2D eigenvalue weighted by Gasteiger charge is -1.93. The van der Waals surface area contributed by atoms with Gasteiger partial charge in [0, 0.05) is 21.0 Å². The SMILES string of the molecule is N#Cc1noc(-c2csc3ccccc23)c1Br. The van der Waals surface area contributed by atoms with Gasteiger partial charge in [-0.2, -0.15) is 5.26 Å². The van der Waals surface area contributed by atoms with Crippen molar-refractivity contribution in [2.75, 3.05) is 0 Å². The standard InChI is InChI=1S/C12H5BrN2OS/c13-11-9(5-14)15-16-12(11)8-6-17-10-4-2-1-3-7(8)10/h1-4,6H. The van der Waals surface area contributed by atoms with E-state index in [9.17, 15) is 0 Å². The highest BCUT2D eigenvalue weighted by molar-refractivity contribution is 9.10. The number of nitriles is 1. The van der Waals surface area contributed by atoms with Crippen LogP contribution >= 0.6 is 27.3 Å². The van der Waals surface area contributed by atoms with Crippen LogP contribution < -0.4 is 0 Å². The molecule has 0 unspecified atom stereocenters. The summed E-state index contributed by atoms with van der Waals surface area (Å²) in [5, 5.41) is 15.7. The Bertz CT molecular complexity index is 738. The Balaban J connectivity index is 2.28. The van der Waals surface area contributed by atoms with Gasteiger partial charge in [-0.3, -0.25) is 0 Å². The van der Waals surface area contributed by atoms with E-state index in [2.05, 4.69) is 27.2 Å². The lowest BCUT2D eigenvalue weighted by Crippen LogP contribution is -1.74. The summed E-state index contributed by atoms with van der Waals surface area (Å²) in [4.78, 5) is 0. The number of benzene rings is 1. The Kier molecular flexibility index (Phi) is 2.46. The molecule has 3 rings (SSSR count). The number of rotatable bonds is 1. The molecule has 3 nitrogen and oxygen atoms in total. The van der Waals surface area contributed by atoms with Crippen LogP contribution in [-0.4, -0.2) is 5.16 Å². The minimum atomic E-state index is 0.273. The summed E-state index contributed by atoms with van der Waals surface area (Å²) in [6.07, 6.45) is 0. The highest BCUT2D eigenvalue weighted by Gasteiger charge is 2.17. The summed E-state index contributed by atoms with van der Waals surface area (Å²) >= 11 is 4.99. The summed E-state index contributed by atoms with van der Waals surface area (Å²) in [5.74, 6) is 0.610. The highest BCUT2D eigenvalue weighted by atomic mass is 79.9. The average Bonchev–Trinajstić information content (AvgIpc) is 2.92. The Morgan fingerprint density at radius 2 is 2.18 bits per heavy atom. The number of hydrogen-bond acceptors (Lipinski definition) is 4. The van der Waals surface area contributed by atoms with Crippen LogP contribution in [0, 0.1) is 11.3 Å². The van der Waals surface area contributed by atoms with Gasteiger partial charge >= 0.3 is 0 Å². The Morgan fingerprint density at radius 3 is 2.94 bits per heavy atom. The Hall–Kier alpha value is -1.64. The number of halogens is 1. The van der Waals surface area contributed by atoms with Crippen molar-refractivity contribution in [1.29, 1.82) is 5.26 Å². The fourth-order valence-electron chi connectivity index (χ4n) is 1.67. The predicted octanol–water partition coefficient (Wildman–Crippen LogP) is 4.19. The van der Waals surface area contributed by atoms with Gasteiger partial charge in [0.25, 0.3) is 0 Å². The smallest absolute Gasteiger partial charge is 0.198 e. The molecule has 0 saturated carbocycles. The number of hydrogen-bond donors (Lipinski definition) is 0. The van der Waals surface area contributed by atoms with E-state index in [0.717, 1.165) is 10.9 Å². The quantitative estimate of drug-likeness (QED) is 0.677. The first-order valence-corrected chi connectivity index (χ1v) is 6.50. The first kappa shape index (κ1) is 10.5. The normalized spacial score (nSPS) is 10.6. The van der Waals surface area contributed by atoms with Crippen LogP contribution in [0.15, 0.2) is 38.6 Å². The van der Waals surface area contributed by atoms with Crippen LogP contribution in [0.1, 0.15) is 5.69 Å². The molecule has 17 heavy (non-hydrogen) atoms. The van der Waals surface area contributed by atoms with Crippen LogP contribution in [0.3, 0.4) is 0 Å². The van der Waals surface area contributed by atoms with E-state index in [1.54, 1.807) is 11.3 Å². The Labute approximate surface area is 109 Å². The van der Waals surface area contributed by atoms with Crippen molar-refractivity contribution in [2.24, 2.45) is 0 Å². The molecule has 2 heterocycles. The van der Waals surface area contributed by atoms with Crippen molar-refractivity contribution >= 4 is 37.4 Å². The fourth-order valence-corrected chi connectivity index (χ4v) is 3.06. The van der Waals surface area contributed by atoms with Crippen molar-refractivity contribution in [3.05, 3.63) is 39.8 Å². The number of thiophene rings is 1. The maximum absolute atomic E-state index is 8.84. The molecule has 0 fully saturated rings. The van der Waals surface area contributed by atoms with Crippen molar-refractivity contribution < 1.29 is 4.52 Å². The number of fused-ring (bicyclic) bond motifs is 1. The van der Waals surface area contributed by atoms with Crippen LogP contribution in [0.4, 0.5) is 0 Å². The van der Waals surface area contributed by atoms with E-state index in [-0.39, 0.29) is 5.69 Å². The zero-order chi connectivity index (χ0) is 11.8. The van der Waals surface area contributed by atoms with Gasteiger partial charge in [-0.25, -0.2) is 0 Å². The minimum Gasteiger partial charge on any atom is -0.354 e. The zero-order valence-corrected chi connectivity index (χ0v) is 10.9. The second kappa shape index (κ2) is 3.99. The summed E-state index contributed by atoms with van der Waals surface area (Å²) in [7, 11) is 0. The van der Waals surface area contributed by atoms with Crippen molar-refractivity contribution in [2.45, 2.75) is 0 Å². The molecule has 0 aliphatic heterocycles. The second-order valence-corrected chi connectivity index (χ2v) is 5.14. The van der Waals surface area contributed by atoms with Gasteiger partial charge in [-0.1, -0.05) is 23.4 Å². The molecular formula is C12H5BrN2OS. The molecule has 1 aromatic carbocycles. The minimum absolute atomic E-state index is 0.273. The largest absolute Gasteiger partial charge is 0.354 e. The molecule has 0 saturated heterocycles. The van der Waals surface area contributed by atoms with E-state index in [4.69, 9.17) is 9.78 Å². The summed E-state index contributed by atoms with van der Waals surface area (Å²) in [6.45, 7) is 0. The molecule has 0 atom stereocenters. The highest BCUT2D eigenvalue weighted by Crippen LogP contribution is 2.38. The molecule has 0 amide bonds. The van der Waals surface area contributed by atoms with E-state index >= 15 is 0 Å². The van der Waals surface area contributed by atoms with Gasteiger partial charge in [0.15, 0.2) is 11.5 Å². The van der Waals surface area contributed by atoms with Gasteiger partial charge in [-0.15, -0.1) is 11.3 Å². The lowest BCUT2D eigenvalue weighted by atomic mass is 10.1. The molecule has 0 spiro atoms. The third-order valence-electron chi connectivity index (χ3n) is 2.47. The van der Waals surface area contributed by atoms with E-state index in [0.29, 0.717) is 10.2 Å². The molecule has 0 radical (unpaired) electrons. The molecule has 3 aromatic rings. The van der Waals surface area contributed by atoms with Crippen LogP contribution in [0.25, 0.3) is 21.4 Å². The summed E-state index contributed by atoms with van der Waals surface area (Å²) in [6, 6.07) is 10.0. The molecule has 2 aromatic heterocycles. The maximum atomic E-state index is 8.84. The van der Waals surface area contributed by atoms with Gasteiger partial charge in [0.05, 0.1) is 0 Å². The predicted molar refractivity (Wildman–Crippen MR) is 69.7 cm³/mol. The van der Waals surface area contributed by atoms with Crippen LogP contribution in [-0.2, 0) is 0 Å². The van der Waals surface area contributed by atoms with Crippen LogP contribution in [0.5, 0.6) is 0 Å². The van der Waals surface area contributed by atoms with Crippen molar-refractivity contribution in [1.82, 2.24) is 5.16 Å². The first-order valence-electron chi connectivity index (χ1n) is 4.83. The van der Waals surface area contributed by atoms with Gasteiger partial charge in [-0.05, 0) is 22.0 Å². The average molecular weight is 305 g/mol.